The Morgan fingerprint density at radius 2 is 1.67 bits per heavy atom. The summed E-state index contributed by atoms with van der Waals surface area (Å²) in [6.45, 7) is 2.92. The molecule has 0 atom stereocenters. The number of aryl methyl sites for hydroxylation is 1. The molecular weight excluding hydrogens is 544 g/mol. The lowest BCUT2D eigenvalue weighted by atomic mass is 9.83. The number of carboxylic acid groups (broad SMARTS) is 1. The van der Waals surface area contributed by atoms with Crippen molar-refractivity contribution in [3.8, 4) is 5.75 Å². The minimum absolute atomic E-state index is 0.0301. The van der Waals surface area contributed by atoms with Gasteiger partial charge in [0, 0.05) is 12.3 Å². The molecule has 1 aliphatic heterocycles. The van der Waals surface area contributed by atoms with Gasteiger partial charge in [-0.25, -0.2) is 9.97 Å². The standard InChI is InChI=1S/C34H36N4O5/c1-24-32(43-22-26-8-4-2-5-9-26)31(33(42)35-21-30(40)41)37-29(36-24)20-25-14-18-38(19-15-25)34(23-39)16-12-28(13-17-34)27-10-6-3-7-11-27/h2-13,16-17,23,25,28H,14-15,18-22H2,1H3,(H,35,42)(H,40,41). The number of likely N-dealkylation sites (tertiary alicyclic amines) is 1. The van der Waals surface area contributed by atoms with E-state index < -0.39 is 24.0 Å². The van der Waals surface area contributed by atoms with Crippen LogP contribution in [-0.2, 0) is 22.6 Å². The molecule has 2 aromatic carbocycles. The molecule has 1 amide bonds. The zero-order valence-corrected chi connectivity index (χ0v) is 24.2. The summed E-state index contributed by atoms with van der Waals surface area (Å²) >= 11 is 0. The van der Waals surface area contributed by atoms with Crippen molar-refractivity contribution in [3.05, 3.63) is 113 Å². The van der Waals surface area contributed by atoms with Gasteiger partial charge in [0.05, 0.1) is 5.69 Å². The predicted octanol–water partition coefficient (Wildman–Crippen LogP) is 4.28. The molecule has 1 saturated heterocycles. The Labute approximate surface area is 251 Å². The van der Waals surface area contributed by atoms with Crippen LogP contribution in [0.5, 0.6) is 5.75 Å². The Bertz CT molecular complexity index is 1480. The average Bonchev–Trinajstić information content (AvgIpc) is 3.04. The normalized spacial score (nSPS) is 20.4. The average molecular weight is 581 g/mol. The maximum Gasteiger partial charge on any atom is 0.322 e. The van der Waals surface area contributed by atoms with E-state index in [0.717, 1.165) is 37.8 Å². The smallest absolute Gasteiger partial charge is 0.322 e. The highest BCUT2D eigenvalue weighted by molar-refractivity contribution is 5.96. The Morgan fingerprint density at radius 1 is 1.02 bits per heavy atom. The maximum atomic E-state index is 13.0. The number of carboxylic acids is 1. The van der Waals surface area contributed by atoms with Crippen LogP contribution in [-0.4, -0.2) is 63.3 Å². The van der Waals surface area contributed by atoms with Gasteiger partial charge in [0.1, 0.15) is 30.8 Å². The van der Waals surface area contributed by atoms with Crippen LogP contribution in [0.2, 0.25) is 0 Å². The molecular formula is C34H36N4O5. The van der Waals surface area contributed by atoms with E-state index in [2.05, 4.69) is 44.5 Å². The molecule has 0 radical (unpaired) electrons. The zero-order valence-electron chi connectivity index (χ0n) is 24.2. The summed E-state index contributed by atoms with van der Waals surface area (Å²) < 4.78 is 5.98. The number of benzene rings is 2. The molecule has 2 aliphatic rings. The van der Waals surface area contributed by atoms with E-state index in [4.69, 9.17) is 9.84 Å². The summed E-state index contributed by atoms with van der Waals surface area (Å²) in [5, 5.41) is 11.5. The number of amides is 1. The van der Waals surface area contributed by atoms with Crippen molar-refractivity contribution < 1.29 is 24.2 Å². The number of carbonyl (C=O) groups excluding carboxylic acids is 2. The van der Waals surface area contributed by atoms with E-state index in [1.54, 1.807) is 6.92 Å². The summed E-state index contributed by atoms with van der Waals surface area (Å²) in [5.41, 5.74) is 1.90. The van der Waals surface area contributed by atoms with E-state index in [1.807, 2.05) is 60.7 Å². The molecule has 3 aromatic rings. The zero-order chi connectivity index (χ0) is 30.2. The van der Waals surface area contributed by atoms with Crippen LogP contribution < -0.4 is 10.1 Å². The molecule has 2 N–H and O–H groups in total. The van der Waals surface area contributed by atoms with Crippen molar-refractivity contribution in [1.29, 1.82) is 0 Å². The summed E-state index contributed by atoms with van der Waals surface area (Å²) in [5.74, 6) is -0.610. The SMILES string of the molecule is Cc1nc(CC2CCN(C3(C=O)C=CC(c4ccccc4)C=C3)CC2)nc(C(=O)NCC(=O)O)c1OCc1ccccc1. The van der Waals surface area contributed by atoms with Crippen LogP contribution in [0.4, 0.5) is 0 Å². The molecule has 222 valence electrons. The van der Waals surface area contributed by atoms with Crippen LogP contribution >= 0.6 is 0 Å². The van der Waals surface area contributed by atoms with Gasteiger partial charge in [0.15, 0.2) is 11.4 Å². The van der Waals surface area contributed by atoms with Gasteiger partial charge in [-0.1, -0.05) is 85.0 Å². The van der Waals surface area contributed by atoms with Crippen molar-refractivity contribution in [2.24, 2.45) is 5.92 Å². The van der Waals surface area contributed by atoms with E-state index >= 15 is 0 Å². The van der Waals surface area contributed by atoms with Gasteiger partial charge in [-0.05, 0) is 49.9 Å². The fourth-order valence-electron chi connectivity index (χ4n) is 5.69. The second-order valence-electron chi connectivity index (χ2n) is 11.0. The summed E-state index contributed by atoms with van der Waals surface area (Å²) in [6, 6.07) is 19.7. The van der Waals surface area contributed by atoms with Gasteiger partial charge in [0.2, 0.25) is 0 Å². The topological polar surface area (TPSA) is 122 Å². The van der Waals surface area contributed by atoms with Gasteiger partial charge >= 0.3 is 5.97 Å². The first-order valence-electron chi connectivity index (χ1n) is 14.6. The van der Waals surface area contributed by atoms with Crippen molar-refractivity contribution in [3.63, 3.8) is 0 Å². The highest BCUT2D eigenvalue weighted by Gasteiger charge is 2.36. The third-order valence-electron chi connectivity index (χ3n) is 8.07. The Morgan fingerprint density at radius 3 is 2.30 bits per heavy atom. The monoisotopic (exact) mass is 580 g/mol. The molecule has 1 aromatic heterocycles. The molecule has 1 fully saturated rings. The largest absolute Gasteiger partial charge is 0.485 e. The van der Waals surface area contributed by atoms with Crippen molar-refractivity contribution in [2.45, 2.75) is 44.2 Å². The minimum Gasteiger partial charge on any atom is -0.485 e. The number of hydrogen-bond acceptors (Lipinski definition) is 7. The molecule has 43 heavy (non-hydrogen) atoms. The van der Waals surface area contributed by atoms with Gasteiger partial charge in [-0.2, -0.15) is 0 Å². The van der Waals surface area contributed by atoms with Crippen LogP contribution in [0.1, 0.15) is 51.9 Å². The van der Waals surface area contributed by atoms with Crippen molar-refractivity contribution in [2.75, 3.05) is 19.6 Å². The number of aldehydes is 1. The van der Waals surface area contributed by atoms with Gasteiger partial charge in [-0.3, -0.25) is 14.5 Å². The first-order valence-corrected chi connectivity index (χ1v) is 14.6. The number of rotatable bonds is 11. The lowest BCUT2D eigenvalue weighted by Crippen LogP contribution is -2.51. The van der Waals surface area contributed by atoms with E-state index in [1.165, 1.54) is 5.56 Å². The molecule has 5 rings (SSSR count). The first-order chi connectivity index (χ1) is 20.9. The molecule has 1 aliphatic carbocycles. The molecule has 0 bridgehead atoms. The molecule has 0 spiro atoms. The number of ether oxygens (including phenoxy) is 1. The number of aromatic nitrogens is 2. The molecule has 2 heterocycles. The third-order valence-corrected chi connectivity index (χ3v) is 8.07. The minimum atomic E-state index is -1.15. The maximum absolute atomic E-state index is 13.0. The fraction of sp³-hybridized carbons (Fsp3) is 0.324. The van der Waals surface area contributed by atoms with Crippen molar-refractivity contribution >= 4 is 18.2 Å². The highest BCUT2D eigenvalue weighted by atomic mass is 16.5. The number of aliphatic carboxylic acids is 1. The van der Waals surface area contributed by atoms with Gasteiger partial charge < -0.3 is 20.0 Å². The van der Waals surface area contributed by atoms with E-state index in [9.17, 15) is 14.4 Å². The number of hydrogen-bond donors (Lipinski definition) is 2. The fourth-order valence-corrected chi connectivity index (χ4v) is 5.69. The quantitative estimate of drug-likeness (QED) is 0.255. The van der Waals surface area contributed by atoms with Gasteiger partial charge in [0.25, 0.3) is 5.91 Å². The Kier molecular flexibility index (Phi) is 9.41. The Balaban J connectivity index is 1.26. The second kappa shape index (κ2) is 13.6. The number of carbonyl (C=O) groups is 3. The first kappa shape index (κ1) is 29.8. The molecule has 0 unspecified atom stereocenters. The van der Waals surface area contributed by atoms with Crippen LogP contribution in [0.25, 0.3) is 0 Å². The van der Waals surface area contributed by atoms with Crippen molar-refractivity contribution in [1.82, 2.24) is 20.2 Å². The predicted molar refractivity (Wildman–Crippen MR) is 162 cm³/mol. The highest BCUT2D eigenvalue weighted by Crippen LogP contribution is 2.33. The summed E-state index contributed by atoms with van der Waals surface area (Å²) in [4.78, 5) is 47.9. The molecule has 9 nitrogen and oxygen atoms in total. The number of allylic oxidation sites excluding steroid dienone is 2. The van der Waals surface area contributed by atoms with E-state index in [-0.39, 0.29) is 29.9 Å². The summed E-state index contributed by atoms with van der Waals surface area (Å²) in [6.07, 6.45) is 11.5. The lowest BCUT2D eigenvalue weighted by molar-refractivity contribution is -0.135. The molecule has 9 heteroatoms. The lowest BCUT2D eigenvalue weighted by Gasteiger charge is -2.42. The molecule has 0 saturated carbocycles. The summed E-state index contributed by atoms with van der Waals surface area (Å²) in [7, 11) is 0. The van der Waals surface area contributed by atoms with Crippen LogP contribution in [0.15, 0.2) is 85.0 Å². The second-order valence-corrected chi connectivity index (χ2v) is 11.0. The van der Waals surface area contributed by atoms with E-state index in [0.29, 0.717) is 17.9 Å². The number of nitrogens with zero attached hydrogens (tertiary/aromatic N) is 3. The van der Waals surface area contributed by atoms with Crippen LogP contribution in [0, 0.1) is 12.8 Å². The number of nitrogens with one attached hydrogen (secondary N) is 1. The Hall–Kier alpha value is -4.63. The van der Waals surface area contributed by atoms with Gasteiger partial charge in [-0.15, -0.1) is 0 Å². The third kappa shape index (κ3) is 7.24. The number of piperidine rings is 1. The van der Waals surface area contributed by atoms with Crippen LogP contribution in [0.3, 0.4) is 0 Å².